The molecule has 0 spiro atoms. The zero-order chi connectivity index (χ0) is 19.5. The number of rotatable bonds is 5. The summed E-state index contributed by atoms with van der Waals surface area (Å²) >= 11 is 0. The van der Waals surface area contributed by atoms with Crippen LogP contribution in [0.2, 0.25) is 0 Å². The standard InChI is InChI=1S/C22H34N4O2/c1-25-20(18-11-4-5-12-19(18)24-25)22(28)26-15-7-6-10-17(26)13-14-23-21(27)16-8-2-3-9-16/h16-17H,2-15H2,1H3,(H,23,27)/t17-/m1/s1. The Morgan fingerprint density at radius 1 is 1.04 bits per heavy atom. The molecule has 0 aromatic carbocycles. The topological polar surface area (TPSA) is 67.2 Å². The number of nitrogens with one attached hydrogen (secondary N) is 1. The average Bonchev–Trinajstić information content (AvgIpc) is 3.35. The van der Waals surface area contributed by atoms with Crippen LogP contribution in [0.3, 0.4) is 0 Å². The van der Waals surface area contributed by atoms with Gasteiger partial charge in [0, 0.05) is 37.7 Å². The van der Waals surface area contributed by atoms with Crippen molar-refractivity contribution in [1.29, 1.82) is 0 Å². The van der Waals surface area contributed by atoms with Crippen molar-refractivity contribution in [2.45, 2.75) is 83.1 Å². The molecule has 2 amide bonds. The predicted octanol–water partition coefficient (Wildman–Crippen LogP) is 2.99. The summed E-state index contributed by atoms with van der Waals surface area (Å²) in [4.78, 5) is 27.8. The van der Waals surface area contributed by atoms with Crippen molar-refractivity contribution in [2.24, 2.45) is 13.0 Å². The number of hydrogen-bond donors (Lipinski definition) is 1. The lowest BCUT2D eigenvalue weighted by atomic mass is 9.94. The van der Waals surface area contributed by atoms with E-state index in [1.807, 2.05) is 11.7 Å². The molecular formula is C22H34N4O2. The van der Waals surface area contributed by atoms with Gasteiger partial charge in [-0.15, -0.1) is 0 Å². The van der Waals surface area contributed by atoms with E-state index in [2.05, 4.69) is 15.3 Å². The van der Waals surface area contributed by atoms with Gasteiger partial charge in [-0.05, 0) is 64.2 Å². The van der Waals surface area contributed by atoms with E-state index in [0.29, 0.717) is 6.54 Å². The lowest BCUT2D eigenvalue weighted by Gasteiger charge is -2.36. The normalized spacial score (nSPS) is 22.9. The Balaban J connectivity index is 1.40. The molecule has 1 saturated carbocycles. The summed E-state index contributed by atoms with van der Waals surface area (Å²) in [6, 6.07) is 0.222. The second-order valence-corrected chi connectivity index (χ2v) is 8.81. The summed E-state index contributed by atoms with van der Waals surface area (Å²) in [5, 5.41) is 7.77. The maximum absolute atomic E-state index is 13.4. The van der Waals surface area contributed by atoms with E-state index in [-0.39, 0.29) is 23.8 Å². The molecule has 1 saturated heterocycles. The number of hydrogen-bond acceptors (Lipinski definition) is 3. The molecule has 2 fully saturated rings. The highest BCUT2D eigenvalue weighted by molar-refractivity contribution is 5.94. The van der Waals surface area contributed by atoms with Crippen LogP contribution in [0.25, 0.3) is 0 Å². The van der Waals surface area contributed by atoms with Crippen molar-refractivity contribution in [3.8, 4) is 0 Å². The Morgan fingerprint density at radius 2 is 1.79 bits per heavy atom. The Labute approximate surface area is 168 Å². The number of aryl methyl sites for hydroxylation is 2. The Kier molecular flexibility index (Phi) is 6.02. The van der Waals surface area contributed by atoms with Gasteiger partial charge in [-0.25, -0.2) is 0 Å². The lowest BCUT2D eigenvalue weighted by molar-refractivity contribution is -0.124. The van der Waals surface area contributed by atoms with Crippen molar-refractivity contribution in [3.05, 3.63) is 17.0 Å². The van der Waals surface area contributed by atoms with Crippen molar-refractivity contribution in [1.82, 2.24) is 20.0 Å². The average molecular weight is 387 g/mol. The first-order valence-corrected chi connectivity index (χ1v) is 11.3. The zero-order valence-corrected chi connectivity index (χ0v) is 17.2. The number of aromatic nitrogens is 2. The minimum atomic E-state index is 0.143. The van der Waals surface area contributed by atoms with Gasteiger partial charge in [0.05, 0.1) is 5.69 Å². The highest BCUT2D eigenvalue weighted by Crippen LogP contribution is 2.28. The first-order chi connectivity index (χ1) is 13.6. The molecule has 1 aromatic rings. The zero-order valence-electron chi connectivity index (χ0n) is 17.2. The number of carbonyl (C=O) groups excluding carboxylic acids is 2. The van der Waals surface area contributed by atoms with E-state index in [0.717, 1.165) is 75.7 Å². The molecule has 6 nitrogen and oxygen atoms in total. The molecule has 6 heteroatoms. The summed E-state index contributed by atoms with van der Waals surface area (Å²) in [7, 11) is 1.91. The van der Waals surface area contributed by atoms with Crippen LogP contribution in [0.15, 0.2) is 0 Å². The van der Waals surface area contributed by atoms with Crippen LogP contribution in [-0.4, -0.2) is 45.6 Å². The Hall–Kier alpha value is -1.85. The van der Waals surface area contributed by atoms with E-state index in [1.165, 1.54) is 24.8 Å². The second-order valence-electron chi connectivity index (χ2n) is 8.81. The summed E-state index contributed by atoms with van der Waals surface area (Å²) in [6.45, 7) is 1.49. The number of amides is 2. The highest BCUT2D eigenvalue weighted by atomic mass is 16.2. The van der Waals surface area contributed by atoms with E-state index < -0.39 is 0 Å². The number of piperidine rings is 1. The van der Waals surface area contributed by atoms with Crippen LogP contribution >= 0.6 is 0 Å². The van der Waals surface area contributed by atoms with Crippen LogP contribution in [0, 0.1) is 5.92 Å². The lowest BCUT2D eigenvalue weighted by Crippen LogP contribution is -2.46. The summed E-state index contributed by atoms with van der Waals surface area (Å²) in [5.74, 6) is 0.571. The van der Waals surface area contributed by atoms with Crippen molar-refractivity contribution < 1.29 is 9.59 Å². The number of nitrogens with zero attached hydrogens (tertiary/aromatic N) is 3. The molecule has 154 valence electrons. The molecule has 1 aromatic heterocycles. The van der Waals surface area contributed by atoms with E-state index in [9.17, 15) is 9.59 Å². The monoisotopic (exact) mass is 386 g/mol. The van der Waals surface area contributed by atoms with Gasteiger partial charge in [0.2, 0.25) is 5.91 Å². The van der Waals surface area contributed by atoms with Crippen molar-refractivity contribution in [3.63, 3.8) is 0 Å². The molecule has 0 bridgehead atoms. The maximum atomic E-state index is 13.4. The van der Waals surface area contributed by atoms with Crippen molar-refractivity contribution >= 4 is 11.8 Å². The third-order valence-electron chi connectivity index (χ3n) is 6.91. The van der Waals surface area contributed by atoms with E-state index in [1.54, 1.807) is 0 Å². The Morgan fingerprint density at radius 3 is 2.61 bits per heavy atom. The quantitative estimate of drug-likeness (QED) is 0.846. The van der Waals surface area contributed by atoms with Gasteiger partial charge in [0.1, 0.15) is 5.69 Å². The fourth-order valence-electron chi connectivity index (χ4n) is 5.35. The summed E-state index contributed by atoms with van der Waals surface area (Å²) < 4.78 is 1.81. The number of fused-ring (bicyclic) bond motifs is 1. The molecule has 1 aliphatic heterocycles. The predicted molar refractivity (Wildman–Crippen MR) is 108 cm³/mol. The van der Waals surface area contributed by atoms with Crippen LogP contribution < -0.4 is 5.32 Å². The van der Waals surface area contributed by atoms with Crippen molar-refractivity contribution in [2.75, 3.05) is 13.1 Å². The fraction of sp³-hybridized carbons (Fsp3) is 0.773. The van der Waals surface area contributed by atoms with E-state index >= 15 is 0 Å². The molecular weight excluding hydrogens is 352 g/mol. The van der Waals surface area contributed by atoms with Gasteiger partial charge in [-0.3, -0.25) is 14.3 Å². The van der Waals surface area contributed by atoms with Gasteiger partial charge < -0.3 is 10.2 Å². The number of likely N-dealkylation sites (tertiary alicyclic amines) is 1. The minimum Gasteiger partial charge on any atom is -0.356 e. The summed E-state index contributed by atoms with van der Waals surface area (Å²) in [5.41, 5.74) is 3.10. The van der Waals surface area contributed by atoms with Gasteiger partial charge in [0.25, 0.3) is 5.91 Å². The molecule has 1 atom stereocenters. The van der Waals surface area contributed by atoms with Gasteiger partial charge >= 0.3 is 0 Å². The second kappa shape index (κ2) is 8.66. The first kappa shape index (κ1) is 19.5. The van der Waals surface area contributed by atoms with Gasteiger partial charge in [-0.1, -0.05) is 12.8 Å². The largest absolute Gasteiger partial charge is 0.356 e. The van der Waals surface area contributed by atoms with E-state index in [4.69, 9.17) is 0 Å². The molecule has 4 rings (SSSR count). The fourth-order valence-corrected chi connectivity index (χ4v) is 5.35. The third kappa shape index (κ3) is 3.96. The maximum Gasteiger partial charge on any atom is 0.272 e. The van der Waals surface area contributed by atoms with Gasteiger partial charge in [-0.2, -0.15) is 5.10 Å². The van der Waals surface area contributed by atoms with Crippen LogP contribution in [0.1, 0.15) is 86.0 Å². The molecule has 2 aliphatic carbocycles. The van der Waals surface area contributed by atoms with Gasteiger partial charge in [0.15, 0.2) is 0 Å². The molecule has 28 heavy (non-hydrogen) atoms. The van der Waals surface area contributed by atoms with Crippen LogP contribution in [0.5, 0.6) is 0 Å². The smallest absolute Gasteiger partial charge is 0.272 e. The van der Waals surface area contributed by atoms with Crippen LogP contribution in [-0.2, 0) is 24.7 Å². The molecule has 0 radical (unpaired) electrons. The minimum absolute atomic E-state index is 0.143. The Bertz CT molecular complexity index is 720. The van der Waals surface area contributed by atoms with Crippen LogP contribution in [0.4, 0.5) is 0 Å². The first-order valence-electron chi connectivity index (χ1n) is 11.3. The molecule has 3 aliphatic rings. The molecule has 0 unspecified atom stereocenters. The SMILES string of the molecule is Cn1nc2c(c1C(=O)N1CCCC[C@@H]1CCNC(=O)C1CCCC1)CCCC2. The summed E-state index contributed by atoms with van der Waals surface area (Å²) in [6.07, 6.45) is 12.8. The number of carbonyl (C=O) groups is 2. The third-order valence-corrected chi connectivity index (χ3v) is 6.91. The molecule has 2 heterocycles. The highest BCUT2D eigenvalue weighted by Gasteiger charge is 2.32. The molecule has 1 N–H and O–H groups in total.